The van der Waals surface area contributed by atoms with Crippen LogP contribution in [0.4, 0.5) is 13.2 Å². The van der Waals surface area contributed by atoms with E-state index >= 15 is 0 Å². The molecule has 0 radical (unpaired) electrons. The molecule has 2 atom stereocenters. The van der Waals surface area contributed by atoms with E-state index in [0.29, 0.717) is 32.2 Å². The summed E-state index contributed by atoms with van der Waals surface area (Å²) in [7, 11) is 0. The van der Waals surface area contributed by atoms with Gasteiger partial charge < -0.3 is 9.64 Å². The number of pyridine rings is 1. The lowest BCUT2D eigenvalue weighted by Crippen LogP contribution is -2.48. The van der Waals surface area contributed by atoms with Crippen LogP contribution in [0.1, 0.15) is 38.5 Å². The molecule has 1 aromatic heterocycles. The minimum atomic E-state index is -2.75. The molecule has 1 saturated heterocycles. The van der Waals surface area contributed by atoms with Gasteiger partial charge >= 0.3 is 0 Å². The second kappa shape index (κ2) is 6.99. The Morgan fingerprint density at radius 1 is 1.33 bits per heavy atom. The number of hydrogen-bond acceptors (Lipinski definition) is 3. The topological polar surface area (TPSA) is 42.4 Å². The highest BCUT2D eigenvalue weighted by atomic mass is 19.3. The van der Waals surface area contributed by atoms with Crippen LogP contribution in [-0.2, 0) is 4.79 Å². The molecule has 1 aromatic rings. The molecule has 1 amide bonds. The Morgan fingerprint density at radius 2 is 2.17 bits per heavy atom. The molecule has 1 aliphatic heterocycles. The van der Waals surface area contributed by atoms with E-state index < -0.39 is 17.7 Å². The highest BCUT2D eigenvalue weighted by Gasteiger charge is 2.41. The van der Waals surface area contributed by atoms with Gasteiger partial charge in [0, 0.05) is 31.5 Å². The van der Waals surface area contributed by atoms with E-state index in [1.807, 2.05) is 0 Å². The molecule has 7 heteroatoms. The van der Waals surface area contributed by atoms with Crippen LogP contribution in [0.15, 0.2) is 18.3 Å². The first-order chi connectivity index (χ1) is 11.4. The van der Waals surface area contributed by atoms with Gasteiger partial charge in [0.05, 0.1) is 6.54 Å². The molecule has 2 heterocycles. The zero-order valence-electron chi connectivity index (χ0n) is 13.4. The smallest absolute Gasteiger partial charge is 0.250 e. The van der Waals surface area contributed by atoms with Crippen LogP contribution in [0.5, 0.6) is 5.88 Å². The number of nitrogens with zero attached hydrogens (tertiary/aromatic N) is 2. The van der Waals surface area contributed by atoms with Crippen molar-refractivity contribution >= 4 is 5.91 Å². The highest BCUT2D eigenvalue weighted by molar-refractivity contribution is 5.79. The molecule has 1 aliphatic carbocycles. The average Bonchev–Trinajstić information content (AvgIpc) is 2.56. The van der Waals surface area contributed by atoms with E-state index in [1.54, 1.807) is 4.90 Å². The summed E-state index contributed by atoms with van der Waals surface area (Å²) in [6.45, 7) is 0.822. The predicted octanol–water partition coefficient (Wildman–Crippen LogP) is 3.42. The first kappa shape index (κ1) is 17.0. The van der Waals surface area contributed by atoms with Crippen molar-refractivity contribution < 1.29 is 22.7 Å². The fourth-order valence-corrected chi connectivity index (χ4v) is 3.49. The van der Waals surface area contributed by atoms with Crippen molar-refractivity contribution in [2.24, 2.45) is 5.92 Å². The standard InChI is InChI=1S/C17H21F3N2O2/c18-14-6-2-8-21-15(14)24-13-5-3-9-22(11-13)16(23)12-4-1-7-17(19,20)10-12/h2,6,8,12-13H,1,3-5,7,9-11H2/t12-,13-/m1/s1. The van der Waals surface area contributed by atoms with Gasteiger partial charge in [0.2, 0.25) is 11.8 Å². The predicted molar refractivity (Wildman–Crippen MR) is 81.3 cm³/mol. The minimum Gasteiger partial charge on any atom is -0.470 e. The largest absolute Gasteiger partial charge is 0.470 e. The van der Waals surface area contributed by atoms with Crippen LogP contribution < -0.4 is 4.74 Å². The number of alkyl halides is 2. The number of ether oxygens (including phenoxy) is 1. The molecule has 24 heavy (non-hydrogen) atoms. The monoisotopic (exact) mass is 342 g/mol. The maximum Gasteiger partial charge on any atom is 0.250 e. The number of halogens is 3. The van der Waals surface area contributed by atoms with Gasteiger partial charge in [0.1, 0.15) is 6.10 Å². The molecule has 0 spiro atoms. The second-order valence-electron chi connectivity index (χ2n) is 6.61. The van der Waals surface area contributed by atoms with Gasteiger partial charge in [-0.05, 0) is 37.8 Å². The fourth-order valence-electron chi connectivity index (χ4n) is 3.49. The van der Waals surface area contributed by atoms with Gasteiger partial charge in [-0.1, -0.05) is 0 Å². The maximum atomic E-state index is 13.6. The molecule has 0 bridgehead atoms. The van der Waals surface area contributed by atoms with Crippen LogP contribution in [0.25, 0.3) is 0 Å². The summed E-state index contributed by atoms with van der Waals surface area (Å²) < 4.78 is 46.3. The van der Waals surface area contributed by atoms with Crippen molar-refractivity contribution in [1.82, 2.24) is 9.88 Å². The number of carbonyl (C=O) groups excluding carboxylic acids is 1. The van der Waals surface area contributed by atoms with Crippen LogP contribution in [-0.4, -0.2) is 40.9 Å². The zero-order valence-corrected chi connectivity index (χ0v) is 13.4. The Balaban J connectivity index is 1.61. The SMILES string of the molecule is O=C([C@@H]1CCCC(F)(F)C1)N1CCC[C@@H](Oc2ncccc2F)C1. The number of likely N-dealkylation sites (tertiary alicyclic amines) is 1. The summed E-state index contributed by atoms with van der Waals surface area (Å²) in [4.78, 5) is 18.0. The molecule has 2 aliphatic rings. The van der Waals surface area contributed by atoms with Crippen molar-refractivity contribution in [2.45, 2.75) is 50.6 Å². The Kier molecular flexibility index (Phi) is 4.96. The second-order valence-corrected chi connectivity index (χ2v) is 6.61. The minimum absolute atomic E-state index is 0.0824. The van der Waals surface area contributed by atoms with Crippen molar-refractivity contribution in [3.63, 3.8) is 0 Å². The summed E-state index contributed by atoms with van der Waals surface area (Å²) in [5.74, 6) is -4.24. The number of rotatable bonds is 3. The Morgan fingerprint density at radius 3 is 2.92 bits per heavy atom. The molecular formula is C17H21F3N2O2. The first-order valence-corrected chi connectivity index (χ1v) is 8.38. The van der Waals surface area contributed by atoms with Crippen LogP contribution in [0.2, 0.25) is 0 Å². The zero-order chi connectivity index (χ0) is 17.2. The third-order valence-electron chi connectivity index (χ3n) is 4.68. The summed E-state index contributed by atoms with van der Waals surface area (Å²) in [5.41, 5.74) is 0. The number of carbonyl (C=O) groups is 1. The Hall–Kier alpha value is -1.79. The van der Waals surface area contributed by atoms with Crippen LogP contribution in [0, 0.1) is 11.7 Å². The van der Waals surface area contributed by atoms with Crippen LogP contribution >= 0.6 is 0 Å². The van der Waals surface area contributed by atoms with Crippen molar-refractivity contribution in [3.8, 4) is 5.88 Å². The highest BCUT2D eigenvalue weighted by Crippen LogP contribution is 2.37. The average molecular weight is 342 g/mol. The summed E-state index contributed by atoms with van der Waals surface area (Å²) >= 11 is 0. The lowest BCUT2D eigenvalue weighted by atomic mass is 9.85. The molecule has 132 valence electrons. The molecular weight excluding hydrogens is 321 g/mol. The van der Waals surface area contributed by atoms with Crippen molar-refractivity contribution in [1.29, 1.82) is 0 Å². The molecule has 0 aromatic carbocycles. The summed E-state index contributed by atoms with van der Waals surface area (Å²) in [6, 6.07) is 2.74. The number of piperidine rings is 1. The van der Waals surface area contributed by atoms with Gasteiger partial charge in [-0.15, -0.1) is 0 Å². The molecule has 3 rings (SSSR count). The lowest BCUT2D eigenvalue weighted by molar-refractivity contribution is -0.145. The van der Waals surface area contributed by atoms with Gasteiger partial charge in [0.15, 0.2) is 5.82 Å². The van der Waals surface area contributed by atoms with Gasteiger partial charge in [-0.2, -0.15) is 0 Å². The summed E-state index contributed by atoms with van der Waals surface area (Å²) in [6.07, 6.45) is 2.82. The number of hydrogen-bond donors (Lipinski definition) is 0. The van der Waals surface area contributed by atoms with Crippen LogP contribution in [0.3, 0.4) is 0 Å². The lowest BCUT2D eigenvalue weighted by Gasteiger charge is -2.37. The maximum absolute atomic E-state index is 13.6. The van der Waals surface area contributed by atoms with Crippen molar-refractivity contribution in [2.75, 3.05) is 13.1 Å². The van der Waals surface area contributed by atoms with E-state index in [0.717, 1.165) is 0 Å². The Labute approximate surface area is 139 Å². The number of amides is 1. The first-order valence-electron chi connectivity index (χ1n) is 8.38. The van der Waals surface area contributed by atoms with E-state index in [-0.39, 0.29) is 37.3 Å². The van der Waals surface area contributed by atoms with E-state index in [1.165, 1.54) is 18.3 Å². The summed E-state index contributed by atoms with van der Waals surface area (Å²) in [5, 5.41) is 0. The third kappa shape index (κ3) is 3.99. The fraction of sp³-hybridized carbons (Fsp3) is 0.647. The van der Waals surface area contributed by atoms with E-state index in [2.05, 4.69) is 4.98 Å². The molecule has 2 fully saturated rings. The van der Waals surface area contributed by atoms with Crippen molar-refractivity contribution in [3.05, 3.63) is 24.1 Å². The van der Waals surface area contributed by atoms with E-state index in [4.69, 9.17) is 4.74 Å². The quantitative estimate of drug-likeness (QED) is 0.845. The molecule has 0 unspecified atom stereocenters. The normalized spacial score (nSPS) is 26.9. The Bertz CT molecular complexity index is 597. The molecule has 0 N–H and O–H groups in total. The molecule has 1 saturated carbocycles. The third-order valence-corrected chi connectivity index (χ3v) is 4.68. The van der Waals surface area contributed by atoms with E-state index in [9.17, 15) is 18.0 Å². The molecule has 4 nitrogen and oxygen atoms in total. The van der Waals surface area contributed by atoms with Gasteiger partial charge in [-0.3, -0.25) is 4.79 Å². The van der Waals surface area contributed by atoms with Gasteiger partial charge in [-0.25, -0.2) is 18.2 Å². The number of aromatic nitrogens is 1. The van der Waals surface area contributed by atoms with Gasteiger partial charge in [0.25, 0.3) is 5.88 Å².